The van der Waals surface area contributed by atoms with Crippen molar-refractivity contribution in [1.29, 1.82) is 0 Å². The third-order valence-corrected chi connectivity index (χ3v) is 9.63. The Kier molecular flexibility index (Phi) is 9.45. The Bertz CT molecular complexity index is 881. The average Bonchev–Trinajstić information content (AvgIpc) is 2.91. The molecule has 4 aliphatic rings. The van der Waals surface area contributed by atoms with E-state index in [4.69, 9.17) is 4.74 Å². The van der Waals surface area contributed by atoms with Gasteiger partial charge >= 0.3 is 0 Å². The molecule has 11 atom stereocenters. The van der Waals surface area contributed by atoms with Crippen LogP contribution in [-0.2, 0) is 4.74 Å². The van der Waals surface area contributed by atoms with Crippen LogP contribution in [0.4, 0.5) is 13.2 Å². The highest BCUT2D eigenvalue weighted by atomic mass is 19.2. The van der Waals surface area contributed by atoms with Crippen LogP contribution in [0.1, 0.15) is 78.1 Å². The third kappa shape index (κ3) is 6.45. The van der Waals surface area contributed by atoms with Gasteiger partial charge in [0, 0.05) is 23.7 Å². The van der Waals surface area contributed by atoms with Crippen molar-refractivity contribution in [3.63, 3.8) is 0 Å². The zero-order valence-corrected chi connectivity index (χ0v) is 22.4. The van der Waals surface area contributed by atoms with Crippen LogP contribution in [0, 0.1) is 41.4 Å². The summed E-state index contributed by atoms with van der Waals surface area (Å²) in [5, 5.41) is 20.8. The van der Waals surface area contributed by atoms with Crippen LogP contribution in [0.25, 0.3) is 0 Å². The van der Waals surface area contributed by atoms with E-state index in [0.717, 1.165) is 19.3 Å². The predicted molar refractivity (Wildman–Crippen MR) is 140 cm³/mol. The van der Waals surface area contributed by atoms with Gasteiger partial charge in [0.15, 0.2) is 6.29 Å². The fourth-order valence-electron chi connectivity index (χ4n) is 7.12. The number of alkyl halides is 1. The molecule has 0 aromatic heterocycles. The first-order valence-corrected chi connectivity index (χ1v) is 14.4. The Labute approximate surface area is 220 Å². The topological polar surface area (TPSA) is 49.7 Å². The van der Waals surface area contributed by atoms with Gasteiger partial charge in [-0.25, -0.2) is 13.2 Å². The number of hydrogen-bond acceptors (Lipinski definition) is 3. The maximum absolute atomic E-state index is 15.3. The monoisotopic (exact) mass is 522 g/mol. The summed E-state index contributed by atoms with van der Waals surface area (Å²) in [6.07, 6.45) is 13.8. The predicted octanol–water partition coefficient (Wildman–Crippen LogP) is 7.52. The van der Waals surface area contributed by atoms with Gasteiger partial charge in [-0.1, -0.05) is 37.3 Å². The van der Waals surface area contributed by atoms with Gasteiger partial charge < -0.3 is 14.9 Å². The Morgan fingerprint density at radius 1 is 0.919 bits per heavy atom. The molecule has 0 heterocycles. The minimum Gasteiger partial charge on any atom is -0.393 e. The molecular weight excluding hydrogens is 477 g/mol. The van der Waals surface area contributed by atoms with Gasteiger partial charge in [0.1, 0.15) is 17.3 Å². The third-order valence-electron chi connectivity index (χ3n) is 9.63. The maximum atomic E-state index is 15.3. The number of halogens is 3. The van der Waals surface area contributed by atoms with Crippen molar-refractivity contribution in [1.82, 2.24) is 0 Å². The first kappa shape index (κ1) is 28.6. The molecule has 4 aliphatic carbocycles. The summed E-state index contributed by atoms with van der Waals surface area (Å²) < 4.78 is 51.4. The van der Waals surface area contributed by atoms with Crippen molar-refractivity contribution in [2.75, 3.05) is 0 Å². The number of aliphatic hydroxyl groups excluding tert-OH is 2. The molecule has 0 aromatic rings. The molecule has 0 saturated heterocycles. The van der Waals surface area contributed by atoms with Crippen molar-refractivity contribution >= 4 is 0 Å². The van der Waals surface area contributed by atoms with E-state index in [2.05, 4.69) is 6.58 Å². The summed E-state index contributed by atoms with van der Waals surface area (Å²) in [6, 6.07) is 0. The van der Waals surface area contributed by atoms with Crippen LogP contribution < -0.4 is 0 Å². The molecule has 0 radical (unpaired) electrons. The van der Waals surface area contributed by atoms with Crippen LogP contribution in [-0.4, -0.2) is 34.4 Å². The lowest BCUT2D eigenvalue weighted by molar-refractivity contribution is -0.203. The summed E-state index contributed by atoms with van der Waals surface area (Å²) in [4.78, 5) is 0. The fourth-order valence-corrected chi connectivity index (χ4v) is 7.12. The van der Waals surface area contributed by atoms with E-state index >= 15 is 13.2 Å². The standard InChI is InChI=1S/C31H45F3O3/c1-4-19-6-17-27(31(3,34)18-19)37-30(36)23-13-9-21(10-14-23)25-16-15-24(28(32)29(25)33)20-7-11-22(12-8-20)26(35)5-2/h4,7,9,11,13,19-27,30,35-36H,1,5-6,8,10,12,14-18H2,2-3H3/t19?,20?,21?,22?,23?,24?,25-,26?,27?,30?,31?/m1/s1. The molecule has 0 aromatic carbocycles. The second kappa shape index (κ2) is 12.2. The quantitative estimate of drug-likeness (QED) is 0.256. The fraction of sp³-hybridized carbons (Fsp3) is 0.742. The molecule has 0 amide bonds. The molecular formula is C31H45F3O3. The molecule has 208 valence electrons. The second-order valence-electron chi connectivity index (χ2n) is 12.1. The van der Waals surface area contributed by atoms with Crippen LogP contribution in [0.3, 0.4) is 0 Å². The van der Waals surface area contributed by atoms with Crippen LogP contribution in [0.15, 0.2) is 48.6 Å². The molecule has 1 saturated carbocycles. The SMILES string of the molecule is C=CC1CCC(OC(O)C2C=CC([C@H]3CCC(C4C=CC(C(O)CC)CC4)C(F)=C3F)CC2)C(C)(F)C1. The Balaban J connectivity index is 1.33. The molecule has 0 bridgehead atoms. The van der Waals surface area contributed by atoms with Gasteiger partial charge in [-0.05, 0) is 88.9 Å². The van der Waals surface area contributed by atoms with Crippen LogP contribution in [0.2, 0.25) is 0 Å². The van der Waals surface area contributed by atoms with Gasteiger partial charge in [-0.3, -0.25) is 0 Å². The minimum atomic E-state index is -1.52. The lowest BCUT2D eigenvalue weighted by atomic mass is 9.70. The lowest BCUT2D eigenvalue weighted by Gasteiger charge is -2.40. The summed E-state index contributed by atoms with van der Waals surface area (Å²) in [6.45, 7) is 7.26. The van der Waals surface area contributed by atoms with Gasteiger partial charge in [-0.15, -0.1) is 6.58 Å². The summed E-state index contributed by atoms with van der Waals surface area (Å²) in [7, 11) is 0. The lowest BCUT2D eigenvalue weighted by Crippen LogP contribution is -2.45. The maximum Gasteiger partial charge on any atom is 0.161 e. The Morgan fingerprint density at radius 3 is 1.95 bits per heavy atom. The van der Waals surface area contributed by atoms with E-state index < -0.39 is 41.6 Å². The van der Waals surface area contributed by atoms with E-state index in [1.807, 2.05) is 31.2 Å². The second-order valence-corrected chi connectivity index (χ2v) is 12.1. The van der Waals surface area contributed by atoms with E-state index in [1.165, 1.54) is 6.92 Å². The number of rotatable bonds is 8. The summed E-state index contributed by atoms with van der Waals surface area (Å²) in [5.74, 6) is -2.30. The number of ether oxygens (including phenoxy) is 1. The van der Waals surface area contributed by atoms with Gasteiger partial charge in [-0.2, -0.15) is 0 Å². The Morgan fingerprint density at radius 2 is 1.49 bits per heavy atom. The smallest absolute Gasteiger partial charge is 0.161 e. The van der Waals surface area contributed by atoms with Gasteiger partial charge in [0.05, 0.1) is 12.2 Å². The molecule has 4 rings (SSSR count). The van der Waals surface area contributed by atoms with Crippen molar-refractivity contribution in [2.45, 2.75) is 102 Å². The highest BCUT2D eigenvalue weighted by Gasteiger charge is 2.43. The first-order chi connectivity index (χ1) is 17.6. The number of allylic oxidation sites excluding steroid dienone is 5. The zero-order valence-electron chi connectivity index (χ0n) is 22.4. The molecule has 10 unspecified atom stereocenters. The van der Waals surface area contributed by atoms with E-state index in [1.54, 1.807) is 6.08 Å². The zero-order chi connectivity index (χ0) is 26.7. The van der Waals surface area contributed by atoms with Gasteiger partial charge in [0.2, 0.25) is 0 Å². The molecule has 0 aliphatic heterocycles. The summed E-state index contributed by atoms with van der Waals surface area (Å²) in [5.41, 5.74) is -1.52. The molecule has 3 nitrogen and oxygen atoms in total. The van der Waals surface area contributed by atoms with E-state index in [0.29, 0.717) is 44.9 Å². The van der Waals surface area contributed by atoms with E-state index in [-0.39, 0.29) is 35.7 Å². The Hall–Kier alpha value is -1.37. The van der Waals surface area contributed by atoms with E-state index in [9.17, 15) is 10.2 Å². The highest BCUT2D eigenvalue weighted by Crippen LogP contribution is 2.48. The first-order valence-electron chi connectivity index (χ1n) is 14.4. The number of hydrogen-bond donors (Lipinski definition) is 2. The highest BCUT2D eigenvalue weighted by molar-refractivity contribution is 5.19. The molecule has 0 spiro atoms. The number of aliphatic hydroxyl groups is 2. The molecule has 1 fully saturated rings. The molecule has 37 heavy (non-hydrogen) atoms. The van der Waals surface area contributed by atoms with Crippen molar-refractivity contribution in [2.24, 2.45) is 41.4 Å². The van der Waals surface area contributed by atoms with Crippen LogP contribution >= 0.6 is 0 Å². The van der Waals surface area contributed by atoms with Crippen molar-refractivity contribution < 1.29 is 28.1 Å². The van der Waals surface area contributed by atoms with Crippen molar-refractivity contribution in [3.8, 4) is 0 Å². The normalized spacial score (nSPS) is 42.5. The minimum absolute atomic E-state index is 0.0201. The van der Waals surface area contributed by atoms with Crippen molar-refractivity contribution in [3.05, 3.63) is 48.6 Å². The van der Waals surface area contributed by atoms with Gasteiger partial charge in [0.25, 0.3) is 0 Å². The molecule has 6 heteroatoms. The van der Waals surface area contributed by atoms with Crippen LogP contribution in [0.5, 0.6) is 0 Å². The summed E-state index contributed by atoms with van der Waals surface area (Å²) >= 11 is 0. The molecule has 2 N–H and O–H groups in total. The largest absolute Gasteiger partial charge is 0.393 e. The average molecular weight is 523 g/mol.